The number of phosphoric ester groups is 1. The van der Waals surface area contributed by atoms with E-state index in [1.54, 1.807) is 6.07 Å². The molecule has 0 aliphatic rings. The molecule has 0 heterocycles. The van der Waals surface area contributed by atoms with Crippen LogP contribution in [0, 0.1) is 0 Å². The normalized spacial score (nSPS) is 11.3. The van der Waals surface area contributed by atoms with Crippen LogP contribution in [-0.4, -0.2) is 9.79 Å². The van der Waals surface area contributed by atoms with Gasteiger partial charge in [-0.2, -0.15) is 0 Å². The van der Waals surface area contributed by atoms with Crippen LogP contribution in [0.4, 0.5) is 0 Å². The van der Waals surface area contributed by atoms with E-state index in [2.05, 4.69) is 24.3 Å². The molecule has 4 nitrogen and oxygen atoms in total. The number of benzene rings is 5. The second kappa shape index (κ2) is 9.73. The third-order valence-electron chi connectivity index (χ3n) is 5.81. The largest absolute Gasteiger partial charge is 0.524 e. The summed E-state index contributed by atoms with van der Waals surface area (Å²) in [6, 6.07) is 41.2. The Kier molecular flexibility index (Phi) is 6.35. The van der Waals surface area contributed by atoms with Gasteiger partial charge in [-0.1, -0.05) is 115 Å². The topological polar surface area (TPSA) is 66.8 Å². The van der Waals surface area contributed by atoms with E-state index in [9.17, 15) is 14.4 Å². The maximum absolute atomic E-state index is 11.9. The number of hydrogen-bond donors (Lipinski definition) is 2. The second-order valence-corrected chi connectivity index (χ2v) is 9.25. The molecule has 0 amide bonds. The van der Waals surface area contributed by atoms with Gasteiger partial charge >= 0.3 is 7.82 Å². The van der Waals surface area contributed by atoms with Gasteiger partial charge in [0.05, 0.1) is 0 Å². The third-order valence-corrected chi connectivity index (χ3v) is 6.25. The Morgan fingerprint density at radius 1 is 0.457 bits per heavy atom. The summed E-state index contributed by atoms with van der Waals surface area (Å²) in [7, 11) is -4.79. The highest BCUT2D eigenvalue weighted by Gasteiger charge is 2.25. The van der Waals surface area contributed by atoms with Crippen LogP contribution in [-0.2, 0) is 4.57 Å². The fraction of sp³-hybridized carbons (Fsp3) is 0. The Balaban J connectivity index is 1.87. The van der Waals surface area contributed by atoms with Gasteiger partial charge in [0.15, 0.2) is 0 Å². The summed E-state index contributed by atoms with van der Waals surface area (Å²) >= 11 is 0. The molecule has 35 heavy (non-hydrogen) atoms. The van der Waals surface area contributed by atoms with Crippen molar-refractivity contribution in [2.24, 2.45) is 0 Å². The van der Waals surface area contributed by atoms with Crippen molar-refractivity contribution >= 4 is 7.82 Å². The highest BCUT2D eigenvalue weighted by molar-refractivity contribution is 7.46. The fourth-order valence-electron chi connectivity index (χ4n) is 4.40. The summed E-state index contributed by atoms with van der Waals surface area (Å²) in [4.78, 5) is 19.3. The van der Waals surface area contributed by atoms with Crippen LogP contribution >= 0.6 is 7.82 Å². The zero-order valence-corrected chi connectivity index (χ0v) is 19.7. The minimum atomic E-state index is -4.79. The lowest BCUT2D eigenvalue weighted by Gasteiger charge is -2.21. The van der Waals surface area contributed by atoms with Crippen LogP contribution in [0.2, 0.25) is 0 Å². The van der Waals surface area contributed by atoms with Crippen LogP contribution in [0.3, 0.4) is 0 Å². The molecular weight excluding hydrogens is 455 g/mol. The molecular formula is C30H23O4P. The Morgan fingerprint density at radius 2 is 0.914 bits per heavy atom. The lowest BCUT2D eigenvalue weighted by Crippen LogP contribution is -1.98. The average molecular weight is 478 g/mol. The van der Waals surface area contributed by atoms with Gasteiger partial charge in [0, 0.05) is 11.1 Å². The predicted octanol–water partition coefficient (Wildman–Crippen LogP) is 7.83. The number of rotatable bonds is 6. The van der Waals surface area contributed by atoms with Gasteiger partial charge in [0.1, 0.15) is 5.75 Å². The van der Waals surface area contributed by atoms with Crippen molar-refractivity contribution in [2.75, 3.05) is 0 Å². The standard InChI is InChI=1S/C30H23O4P/c31-35(32,33)34-28-21-20-27(26-19-11-10-18-25(26)22-12-4-1-5-13-22)29(23-14-6-2-7-15-23)30(28)24-16-8-3-9-17-24/h1-21H,(H2,31,32,33). The molecule has 5 rings (SSSR count). The average Bonchev–Trinajstić information content (AvgIpc) is 2.89. The fourth-order valence-corrected chi connectivity index (χ4v) is 4.80. The number of phosphoric acid groups is 1. The van der Waals surface area contributed by atoms with E-state index in [0.717, 1.165) is 38.9 Å². The molecule has 0 aliphatic carbocycles. The molecule has 0 fully saturated rings. The van der Waals surface area contributed by atoms with Crippen molar-refractivity contribution < 1.29 is 18.9 Å². The first-order chi connectivity index (χ1) is 17.0. The molecule has 172 valence electrons. The van der Waals surface area contributed by atoms with Crippen molar-refractivity contribution in [2.45, 2.75) is 0 Å². The van der Waals surface area contributed by atoms with E-state index < -0.39 is 7.82 Å². The summed E-state index contributed by atoms with van der Waals surface area (Å²) in [5, 5.41) is 0. The molecule has 0 aliphatic heterocycles. The van der Waals surface area contributed by atoms with Crippen LogP contribution in [0.25, 0.3) is 44.5 Å². The van der Waals surface area contributed by atoms with Crippen molar-refractivity contribution in [1.82, 2.24) is 0 Å². The zero-order chi connectivity index (χ0) is 24.3. The van der Waals surface area contributed by atoms with E-state index >= 15 is 0 Å². The van der Waals surface area contributed by atoms with Crippen LogP contribution in [0.1, 0.15) is 0 Å². The van der Waals surface area contributed by atoms with Crippen molar-refractivity contribution in [3.8, 4) is 50.3 Å². The Hall–Kier alpha value is -3.95. The molecule has 0 saturated heterocycles. The highest BCUT2D eigenvalue weighted by Crippen LogP contribution is 2.50. The van der Waals surface area contributed by atoms with E-state index in [1.165, 1.54) is 0 Å². The first-order valence-corrected chi connectivity index (χ1v) is 12.7. The quantitative estimate of drug-likeness (QED) is 0.244. The highest BCUT2D eigenvalue weighted by atomic mass is 31.2. The van der Waals surface area contributed by atoms with Gasteiger partial charge in [-0.05, 0) is 45.5 Å². The van der Waals surface area contributed by atoms with Crippen molar-refractivity contribution in [3.05, 3.63) is 127 Å². The summed E-state index contributed by atoms with van der Waals surface area (Å²) in [6.07, 6.45) is 0. The summed E-state index contributed by atoms with van der Waals surface area (Å²) in [6.45, 7) is 0. The van der Waals surface area contributed by atoms with Crippen molar-refractivity contribution in [3.63, 3.8) is 0 Å². The smallest absolute Gasteiger partial charge is 0.404 e. The van der Waals surface area contributed by atoms with Crippen LogP contribution < -0.4 is 4.52 Å². The number of hydrogen-bond acceptors (Lipinski definition) is 2. The van der Waals surface area contributed by atoms with Gasteiger partial charge < -0.3 is 4.52 Å². The molecule has 2 N–H and O–H groups in total. The zero-order valence-electron chi connectivity index (χ0n) is 18.8. The van der Waals surface area contributed by atoms with Crippen molar-refractivity contribution in [1.29, 1.82) is 0 Å². The molecule has 0 unspecified atom stereocenters. The van der Waals surface area contributed by atoms with E-state index in [0.29, 0.717) is 5.56 Å². The van der Waals surface area contributed by atoms with Crippen LogP contribution in [0.5, 0.6) is 5.75 Å². The van der Waals surface area contributed by atoms with E-state index in [-0.39, 0.29) is 5.75 Å². The maximum Gasteiger partial charge on any atom is 0.524 e. The monoisotopic (exact) mass is 478 g/mol. The third kappa shape index (κ3) is 4.96. The maximum atomic E-state index is 11.9. The summed E-state index contributed by atoms with van der Waals surface area (Å²) < 4.78 is 17.1. The molecule has 0 atom stereocenters. The van der Waals surface area contributed by atoms with Gasteiger partial charge in [-0.25, -0.2) is 4.57 Å². The first-order valence-electron chi connectivity index (χ1n) is 11.2. The van der Waals surface area contributed by atoms with E-state index in [1.807, 2.05) is 97.1 Å². The van der Waals surface area contributed by atoms with Gasteiger partial charge in [-0.3, -0.25) is 9.79 Å². The van der Waals surface area contributed by atoms with Gasteiger partial charge in [0.2, 0.25) is 0 Å². The molecule has 0 bridgehead atoms. The van der Waals surface area contributed by atoms with Crippen LogP contribution in [0.15, 0.2) is 127 Å². The summed E-state index contributed by atoms with van der Waals surface area (Å²) in [5.74, 6) is 0.129. The Bertz CT molecular complexity index is 1490. The molecule has 0 aromatic heterocycles. The first kappa shape index (κ1) is 22.8. The Labute approximate surface area is 204 Å². The summed E-state index contributed by atoms with van der Waals surface area (Å²) in [5.41, 5.74) is 7.28. The molecule has 0 spiro atoms. The lowest BCUT2D eigenvalue weighted by atomic mass is 9.84. The second-order valence-electron chi connectivity index (χ2n) is 8.09. The minimum Gasteiger partial charge on any atom is -0.404 e. The lowest BCUT2D eigenvalue weighted by molar-refractivity contribution is 0.283. The Morgan fingerprint density at radius 3 is 1.46 bits per heavy atom. The molecule has 5 aromatic carbocycles. The molecule has 0 saturated carbocycles. The molecule has 0 radical (unpaired) electrons. The minimum absolute atomic E-state index is 0.129. The predicted molar refractivity (Wildman–Crippen MR) is 141 cm³/mol. The molecule has 5 aromatic rings. The SMILES string of the molecule is O=P(O)(O)Oc1ccc(-c2ccccc2-c2ccccc2)c(-c2ccccc2)c1-c1ccccc1. The van der Waals surface area contributed by atoms with Gasteiger partial charge in [0.25, 0.3) is 0 Å². The van der Waals surface area contributed by atoms with Gasteiger partial charge in [-0.15, -0.1) is 0 Å². The van der Waals surface area contributed by atoms with E-state index in [4.69, 9.17) is 4.52 Å². The molecule has 5 heteroatoms.